The zero-order valence-electron chi connectivity index (χ0n) is 14.0. The minimum atomic E-state index is -0.914. The number of esters is 1. The van der Waals surface area contributed by atoms with Crippen LogP contribution in [0.3, 0.4) is 0 Å². The lowest BCUT2D eigenvalue weighted by atomic mass is 9.82. The average Bonchev–Trinajstić information content (AvgIpc) is 3.22. The molecular weight excluding hydrogens is 358 g/mol. The maximum absolute atomic E-state index is 12.5. The van der Waals surface area contributed by atoms with Crippen molar-refractivity contribution in [3.63, 3.8) is 0 Å². The molecule has 1 aliphatic heterocycles. The number of ether oxygens (including phenoxy) is 1. The van der Waals surface area contributed by atoms with Crippen molar-refractivity contribution in [1.82, 2.24) is 15.8 Å². The molecule has 138 valence electrons. The lowest BCUT2D eigenvalue weighted by Crippen LogP contribution is -2.51. The van der Waals surface area contributed by atoms with Crippen LogP contribution in [0.2, 0.25) is 0 Å². The highest BCUT2D eigenvalue weighted by atomic mass is 32.1. The van der Waals surface area contributed by atoms with Crippen LogP contribution in [0.4, 0.5) is 4.79 Å². The number of rotatable bonds is 5. The number of carbonyl (C=O) groups excluding carboxylic acids is 4. The summed E-state index contributed by atoms with van der Waals surface area (Å²) in [5.41, 5.74) is 1.29. The molecule has 0 bridgehead atoms. The highest BCUT2D eigenvalue weighted by Crippen LogP contribution is 2.32. The van der Waals surface area contributed by atoms with Crippen LogP contribution in [0.5, 0.6) is 0 Å². The van der Waals surface area contributed by atoms with Crippen molar-refractivity contribution in [2.45, 2.75) is 37.6 Å². The van der Waals surface area contributed by atoms with Gasteiger partial charge in [0.15, 0.2) is 6.61 Å². The summed E-state index contributed by atoms with van der Waals surface area (Å²) in [6, 6.07) is 3.02. The molecule has 8 nitrogen and oxygen atoms in total. The van der Waals surface area contributed by atoms with E-state index in [1.165, 1.54) is 17.4 Å². The monoisotopic (exact) mass is 377 g/mol. The van der Waals surface area contributed by atoms with Crippen molar-refractivity contribution in [2.24, 2.45) is 0 Å². The Hall–Kier alpha value is -2.68. The van der Waals surface area contributed by atoms with Gasteiger partial charge in [0.05, 0.1) is 0 Å². The third-order valence-corrected chi connectivity index (χ3v) is 5.22. The maximum Gasteiger partial charge on any atom is 0.344 e. The summed E-state index contributed by atoms with van der Waals surface area (Å²) in [4.78, 5) is 48.9. The fraction of sp³-hybridized carbons (Fsp3) is 0.412. The molecule has 0 radical (unpaired) electrons. The zero-order valence-corrected chi connectivity index (χ0v) is 14.8. The van der Waals surface area contributed by atoms with Crippen molar-refractivity contribution >= 4 is 41.2 Å². The molecule has 9 heteroatoms. The summed E-state index contributed by atoms with van der Waals surface area (Å²) >= 11 is 1.46. The van der Waals surface area contributed by atoms with Crippen molar-refractivity contribution in [1.29, 1.82) is 0 Å². The van der Waals surface area contributed by atoms with Gasteiger partial charge in [-0.25, -0.2) is 9.59 Å². The first kappa shape index (κ1) is 18.1. The Balaban J connectivity index is 1.49. The number of hydrazine groups is 1. The second-order valence-corrected chi connectivity index (χ2v) is 7.18. The van der Waals surface area contributed by atoms with Crippen LogP contribution in [0.25, 0.3) is 6.08 Å². The smallest absolute Gasteiger partial charge is 0.344 e. The summed E-state index contributed by atoms with van der Waals surface area (Å²) in [5, 5.41) is 5.23. The molecule has 2 aliphatic rings. The minimum absolute atomic E-state index is 0.459. The van der Waals surface area contributed by atoms with Gasteiger partial charge >= 0.3 is 12.0 Å². The van der Waals surface area contributed by atoms with Crippen LogP contribution in [0, 0.1) is 0 Å². The van der Waals surface area contributed by atoms with Gasteiger partial charge in [0.2, 0.25) is 0 Å². The molecule has 3 rings (SSSR count). The Labute approximate surface area is 154 Å². The molecule has 0 aromatic carbocycles. The van der Waals surface area contributed by atoms with Gasteiger partial charge in [0, 0.05) is 11.0 Å². The highest BCUT2D eigenvalue weighted by Gasteiger charge is 2.52. The molecule has 1 saturated heterocycles. The summed E-state index contributed by atoms with van der Waals surface area (Å²) in [5.74, 6) is -1.90. The predicted octanol–water partition coefficient (Wildman–Crippen LogP) is 1.59. The van der Waals surface area contributed by atoms with E-state index >= 15 is 0 Å². The van der Waals surface area contributed by atoms with Crippen LogP contribution in [0.15, 0.2) is 23.6 Å². The molecule has 4 amide bonds. The topological polar surface area (TPSA) is 105 Å². The Morgan fingerprint density at radius 1 is 1.31 bits per heavy atom. The van der Waals surface area contributed by atoms with Crippen molar-refractivity contribution in [3.8, 4) is 0 Å². The van der Waals surface area contributed by atoms with E-state index in [1.807, 2.05) is 17.5 Å². The van der Waals surface area contributed by atoms with Crippen molar-refractivity contribution in [2.75, 3.05) is 6.61 Å². The number of amides is 4. The number of nitrogens with one attached hydrogen (secondary N) is 2. The fourth-order valence-corrected chi connectivity index (χ4v) is 3.71. The molecule has 2 fully saturated rings. The summed E-state index contributed by atoms with van der Waals surface area (Å²) < 4.78 is 4.82. The molecule has 0 unspecified atom stereocenters. The van der Waals surface area contributed by atoms with Gasteiger partial charge in [-0.3, -0.25) is 15.0 Å². The fourth-order valence-electron chi connectivity index (χ4n) is 3.09. The van der Waals surface area contributed by atoms with Crippen LogP contribution < -0.4 is 10.7 Å². The minimum Gasteiger partial charge on any atom is -0.452 e. The van der Waals surface area contributed by atoms with Crippen LogP contribution in [0.1, 0.15) is 37.0 Å². The Kier molecular flexibility index (Phi) is 5.36. The van der Waals surface area contributed by atoms with E-state index in [1.54, 1.807) is 6.08 Å². The van der Waals surface area contributed by atoms with Gasteiger partial charge < -0.3 is 10.1 Å². The molecule has 1 aliphatic carbocycles. The first-order valence-electron chi connectivity index (χ1n) is 8.35. The SMILES string of the molecule is O=C(COC(=O)/C=C/c1cccs1)NN1C(=O)NC2(CCCCC2)C1=O. The van der Waals surface area contributed by atoms with Crippen molar-refractivity contribution in [3.05, 3.63) is 28.5 Å². The summed E-state index contributed by atoms with van der Waals surface area (Å²) in [6.07, 6.45) is 6.63. The quantitative estimate of drug-likeness (QED) is 0.461. The molecule has 26 heavy (non-hydrogen) atoms. The van der Waals surface area contributed by atoms with Crippen LogP contribution >= 0.6 is 11.3 Å². The normalized spacial score (nSPS) is 19.0. The number of hydrogen-bond acceptors (Lipinski definition) is 6. The maximum atomic E-state index is 12.5. The average molecular weight is 377 g/mol. The van der Waals surface area contributed by atoms with Gasteiger partial charge in [-0.05, 0) is 30.4 Å². The number of urea groups is 1. The lowest BCUT2D eigenvalue weighted by Gasteiger charge is -2.30. The summed E-state index contributed by atoms with van der Waals surface area (Å²) in [6.45, 7) is -0.586. The molecule has 1 aromatic rings. The third-order valence-electron chi connectivity index (χ3n) is 4.38. The molecular formula is C17H19N3O5S. The number of hydrogen-bond donors (Lipinski definition) is 2. The largest absolute Gasteiger partial charge is 0.452 e. The molecule has 1 aromatic heterocycles. The van der Waals surface area contributed by atoms with E-state index < -0.39 is 36.0 Å². The lowest BCUT2D eigenvalue weighted by molar-refractivity contribution is -0.147. The van der Waals surface area contributed by atoms with E-state index in [4.69, 9.17) is 4.74 Å². The van der Waals surface area contributed by atoms with E-state index in [9.17, 15) is 19.2 Å². The van der Waals surface area contributed by atoms with E-state index in [-0.39, 0.29) is 0 Å². The van der Waals surface area contributed by atoms with Crippen molar-refractivity contribution < 1.29 is 23.9 Å². The standard InChI is InChI=1S/C17H19N3O5S/c21-13(11-25-14(22)7-6-12-5-4-10-26-12)19-20-15(23)17(18-16(20)24)8-2-1-3-9-17/h4-7,10H,1-3,8-9,11H2,(H,18,24)(H,19,21)/b7-6+. The zero-order chi connectivity index (χ0) is 18.6. The molecule has 0 atom stereocenters. The van der Waals surface area contributed by atoms with Crippen LogP contribution in [-0.4, -0.2) is 41.0 Å². The van der Waals surface area contributed by atoms with E-state index in [2.05, 4.69) is 10.7 Å². The molecule has 2 N–H and O–H groups in total. The summed E-state index contributed by atoms with van der Waals surface area (Å²) in [7, 11) is 0. The van der Waals surface area contributed by atoms with Crippen LogP contribution in [-0.2, 0) is 19.1 Å². The van der Waals surface area contributed by atoms with E-state index in [0.29, 0.717) is 17.9 Å². The van der Waals surface area contributed by atoms with Gasteiger partial charge in [-0.1, -0.05) is 25.3 Å². The van der Waals surface area contributed by atoms with Gasteiger partial charge in [0.1, 0.15) is 5.54 Å². The molecule has 2 heterocycles. The molecule has 1 saturated carbocycles. The number of carbonyl (C=O) groups is 4. The first-order chi connectivity index (χ1) is 12.5. The van der Waals surface area contributed by atoms with Gasteiger partial charge in [0.25, 0.3) is 11.8 Å². The van der Waals surface area contributed by atoms with E-state index in [0.717, 1.165) is 24.1 Å². The molecule has 1 spiro atoms. The second-order valence-electron chi connectivity index (χ2n) is 6.20. The second kappa shape index (κ2) is 7.69. The third kappa shape index (κ3) is 3.93. The Morgan fingerprint density at radius 2 is 2.08 bits per heavy atom. The highest BCUT2D eigenvalue weighted by molar-refractivity contribution is 7.10. The predicted molar refractivity (Wildman–Crippen MR) is 93.6 cm³/mol. The first-order valence-corrected chi connectivity index (χ1v) is 9.23. The van der Waals surface area contributed by atoms with Gasteiger partial charge in [-0.15, -0.1) is 11.3 Å². The number of imide groups is 1. The Morgan fingerprint density at radius 3 is 2.77 bits per heavy atom. The van der Waals surface area contributed by atoms with Gasteiger partial charge in [-0.2, -0.15) is 5.01 Å². The Bertz CT molecular complexity index is 738. The number of nitrogens with zero attached hydrogens (tertiary/aromatic N) is 1. The number of thiophene rings is 1.